The van der Waals surface area contributed by atoms with Crippen LogP contribution in [-0.2, 0) is 30.1 Å². The van der Waals surface area contributed by atoms with Crippen molar-refractivity contribution in [3.63, 3.8) is 0 Å². The summed E-state index contributed by atoms with van der Waals surface area (Å²) in [5, 5.41) is 59.5. The predicted molar refractivity (Wildman–Crippen MR) is 319 cm³/mol. The van der Waals surface area contributed by atoms with E-state index in [0.29, 0.717) is 0 Å². The molecule has 0 aliphatic heterocycles. The molecule has 0 fully saturated rings. The molecule has 3 heterocycles. The second-order valence-corrected chi connectivity index (χ2v) is 28.1. The van der Waals surface area contributed by atoms with Crippen LogP contribution in [0.25, 0.3) is 0 Å². The summed E-state index contributed by atoms with van der Waals surface area (Å²) in [5.74, 6) is -1.84. The number of nitrogens with one attached hydrogen (secondary N) is 8. The molecule has 12 N–H and O–H groups in total. The highest BCUT2D eigenvalue weighted by molar-refractivity contribution is 7.92. The van der Waals surface area contributed by atoms with Gasteiger partial charge in [0.15, 0.2) is 29.9 Å². The van der Waals surface area contributed by atoms with Gasteiger partial charge in [0, 0.05) is 34.8 Å². The van der Waals surface area contributed by atoms with Gasteiger partial charge in [0.2, 0.25) is 0 Å². The summed E-state index contributed by atoms with van der Waals surface area (Å²) in [7, 11) is -9.17. The van der Waals surface area contributed by atoms with E-state index in [2.05, 4.69) is 41.3 Å². The molecule has 0 aliphatic rings. The van der Waals surface area contributed by atoms with Gasteiger partial charge < -0.3 is 52.3 Å². The topological polar surface area (TPSA) is 334 Å². The fraction of sp³-hybridized carbons (Fsp3) is 0.267. The monoisotopic (exact) mass is 1330 g/mol. The Kier molecular flexibility index (Phi) is 25.1. The van der Waals surface area contributed by atoms with Crippen LogP contribution in [0.15, 0.2) is 83.4 Å². The molecule has 34 heteroatoms. The molecule has 0 bridgehead atoms. The number of aliphatic hydroxyl groups is 1. The molecule has 0 unspecified atom stereocenters. The zero-order chi connectivity index (χ0) is 58.8. The average Bonchev–Trinajstić information content (AvgIpc) is 4.07. The summed E-state index contributed by atoms with van der Waals surface area (Å²) in [6.07, 6.45) is 0. The van der Waals surface area contributed by atoms with Crippen LogP contribution < -0.4 is 41.3 Å². The number of thiophene rings is 3. The van der Waals surface area contributed by atoms with Crippen LogP contribution in [0.2, 0.25) is 30.1 Å². The Morgan fingerprint density at radius 2 is 0.861 bits per heavy atom. The predicted octanol–water partition coefficient (Wildman–Crippen LogP) is 12.5. The highest BCUT2D eigenvalue weighted by Gasteiger charge is 2.35. The zero-order valence-corrected chi connectivity index (χ0v) is 50.9. The molecule has 0 saturated heterocycles. The van der Waals surface area contributed by atoms with Crippen molar-refractivity contribution in [2.45, 2.75) is 66.3 Å². The zero-order valence-electron chi connectivity index (χ0n) is 41.4. The second kappa shape index (κ2) is 28.9. The van der Waals surface area contributed by atoms with E-state index in [-0.39, 0.29) is 90.2 Å². The van der Waals surface area contributed by atoms with E-state index in [4.69, 9.17) is 69.6 Å². The van der Waals surface area contributed by atoms with Crippen LogP contribution in [0.3, 0.4) is 0 Å². The molecule has 434 valence electrons. The first-order valence-corrected chi connectivity index (χ1v) is 31.0. The van der Waals surface area contributed by atoms with E-state index in [1.807, 2.05) is 0 Å². The van der Waals surface area contributed by atoms with Gasteiger partial charge in [-0.15, -0.1) is 34.0 Å². The van der Waals surface area contributed by atoms with Crippen molar-refractivity contribution in [3.8, 4) is 17.2 Å². The third kappa shape index (κ3) is 17.9. The first-order chi connectivity index (χ1) is 36.2. The lowest BCUT2D eigenvalue weighted by atomic mass is 10.1. The SMILES string of the molecule is C.CC(C)[C@@H](CO)NS(=O)(=O)c1scc(NC(=O)Nc2cccc(Cl)c2Cl)c1O.CN(C(C)(C)C)S(=O)(=O)c1scc(NC(=O)Nc2cccc(Cl)c2Cl)c1O.CNS(=O)(=O)c1scc(NC(=O)Nc2cccc(Cl)c2Cl)c1O. The van der Waals surface area contributed by atoms with Gasteiger partial charge in [-0.3, -0.25) is 0 Å². The smallest absolute Gasteiger partial charge is 0.323 e. The molecular weight excluding hydrogens is 1280 g/mol. The maximum atomic E-state index is 12.7. The number of anilines is 6. The van der Waals surface area contributed by atoms with Crippen LogP contribution in [0.5, 0.6) is 17.2 Å². The number of nitrogens with zero attached hydrogens (tertiary/aromatic N) is 1. The first kappa shape index (κ1) is 68.7. The molecule has 6 amide bonds. The van der Waals surface area contributed by atoms with Gasteiger partial charge in [0.1, 0.15) is 0 Å². The minimum Gasteiger partial charge on any atom is -0.504 e. The second-order valence-electron chi connectivity index (χ2n) is 16.9. The van der Waals surface area contributed by atoms with Gasteiger partial charge in [-0.1, -0.05) is 109 Å². The number of aliphatic hydroxyl groups excluding tert-OH is 1. The number of urea groups is 3. The van der Waals surface area contributed by atoms with Crippen LogP contribution in [0.4, 0.5) is 48.5 Å². The van der Waals surface area contributed by atoms with Crippen LogP contribution in [0, 0.1) is 5.92 Å². The van der Waals surface area contributed by atoms with Gasteiger partial charge in [-0.05, 0) is 70.1 Å². The van der Waals surface area contributed by atoms with E-state index < -0.39 is 83.6 Å². The number of rotatable bonds is 15. The van der Waals surface area contributed by atoms with E-state index in [1.165, 1.54) is 42.4 Å². The molecular formula is C45H53Cl6N9O13S6. The number of amides is 6. The van der Waals surface area contributed by atoms with E-state index >= 15 is 0 Å². The quantitative estimate of drug-likeness (QED) is 0.0455. The number of benzene rings is 3. The average molecular weight is 1330 g/mol. The van der Waals surface area contributed by atoms with Crippen molar-refractivity contribution in [1.29, 1.82) is 0 Å². The summed E-state index contributed by atoms with van der Waals surface area (Å²) in [6, 6.07) is 11.2. The third-order valence-corrected chi connectivity index (χ3v) is 22.1. The number of carbonyl (C=O) groups is 3. The van der Waals surface area contributed by atoms with Gasteiger partial charge in [0.25, 0.3) is 30.1 Å². The maximum Gasteiger partial charge on any atom is 0.323 e. The summed E-state index contributed by atoms with van der Waals surface area (Å²) in [5.41, 5.74) is -0.0456. The Labute approximate surface area is 498 Å². The Balaban J connectivity index is 0.000000311. The molecule has 79 heavy (non-hydrogen) atoms. The minimum absolute atomic E-state index is 0. The largest absolute Gasteiger partial charge is 0.504 e. The number of hydrogen-bond acceptors (Lipinski definition) is 16. The van der Waals surface area contributed by atoms with Gasteiger partial charge in [-0.2, -0.15) is 4.31 Å². The maximum absolute atomic E-state index is 12.7. The van der Waals surface area contributed by atoms with Crippen molar-refractivity contribution in [2.24, 2.45) is 5.92 Å². The fourth-order valence-electron chi connectivity index (χ4n) is 5.68. The van der Waals surface area contributed by atoms with Crippen LogP contribution in [-0.4, -0.2) is 100 Å². The fourth-order valence-corrected chi connectivity index (χ4v) is 14.3. The highest BCUT2D eigenvalue weighted by Crippen LogP contribution is 2.42. The molecule has 22 nitrogen and oxygen atoms in total. The molecule has 0 aliphatic carbocycles. The summed E-state index contributed by atoms with van der Waals surface area (Å²) in [4.78, 5) is 36.2. The van der Waals surface area contributed by atoms with Crippen molar-refractivity contribution >= 4 is 186 Å². The van der Waals surface area contributed by atoms with Gasteiger partial charge in [0.05, 0.1) is 70.9 Å². The Hall–Kier alpha value is -4.60. The molecule has 0 spiro atoms. The molecule has 6 rings (SSSR count). The number of sulfonamides is 3. The van der Waals surface area contributed by atoms with E-state index in [9.17, 15) is 60.1 Å². The summed E-state index contributed by atoms with van der Waals surface area (Å²) in [6.45, 7) is 8.30. The van der Waals surface area contributed by atoms with E-state index in [1.54, 1.807) is 77.1 Å². The van der Waals surface area contributed by atoms with Crippen molar-refractivity contribution in [3.05, 3.63) is 101 Å². The number of aromatic hydroxyl groups is 3. The number of hydrogen-bond donors (Lipinski definition) is 12. The lowest BCUT2D eigenvalue weighted by Gasteiger charge is -2.30. The first-order valence-electron chi connectivity index (χ1n) is 21.7. The third-order valence-electron chi connectivity index (χ3n) is 10.1. The minimum atomic E-state index is -4.09. The van der Waals surface area contributed by atoms with Gasteiger partial charge in [-0.25, -0.2) is 49.1 Å². The standard InChI is InChI=1S/C16H19Cl2N3O5S2.C16H19Cl2N3O4S2.C12H11Cl2N3O4S2.CH4/c1-8(2)11(6-22)21-28(25,26)15-14(23)12(7-27-15)20-16(24)19-10-5-3-4-9(17)13(10)18;1-16(2,3)21(4)27(24,25)14-13(22)11(8-26-14)20-15(23)19-10-7-5-6-9(17)12(10)18;1-15-23(20,21)11-10(18)8(5-22-11)17-12(19)16-7-4-2-3-6(13)9(7)14;/h3-5,7-8,11,21-23H,6H2,1-2H3,(H2,19,20,24);5-8,22H,1-4H3,(H2,19,20,23);2-5,15,18H,1H3,(H2,16,17,19);1H4/t11-;;;/m1.../s1. The molecule has 0 saturated carbocycles. The molecule has 0 radical (unpaired) electrons. The Morgan fingerprint density at radius 1 is 0.557 bits per heavy atom. The Morgan fingerprint density at radius 3 is 1.16 bits per heavy atom. The molecule has 1 atom stereocenters. The molecule has 3 aromatic heterocycles. The van der Waals surface area contributed by atoms with Crippen molar-refractivity contribution in [1.82, 2.24) is 13.7 Å². The highest BCUT2D eigenvalue weighted by atomic mass is 35.5. The van der Waals surface area contributed by atoms with Crippen LogP contribution in [0.1, 0.15) is 42.0 Å². The number of carbonyl (C=O) groups excluding carboxylic acids is 3. The normalized spacial score (nSPS) is 12.0. The van der Waals surface area contributed by atoms with Crippen LogP contribution >= 0.6 is 104 Å². The molecule has 6 aromatic rings. The molecule has 3 aromatic carbocycles. The number of halogens is 6. The summed E-state index contributed by atoms with van der Waals surface area (Å²) < 4.78 is 78.3. The summed E-state index contributed by atoms with van der Waals surface area (Å²) >= 11 is 37.9. The van der Waals surface area contributed by atoms with Crippen molar-refractivity contribution < 1.29 is 60.1 Å². The lowest BCUT2D eigenvalue weighted by Crippen LogP contribution is -2.42. The van der Waals surface area contributed by atoms with Crippen molar-refractivity contribution in [2.75, 3.05) is 52.6 Å². The van der Waals surface area contributed by atoms with E-state index in [0.717, 1.165) is 38.3 Å². The Bertz CT molecular complexity index is 3510. The van der Waals surface area contributed by atoms with Gasteiger partial charge >= 0.3 is 18.1 Å². The lowest BCUT2D eigenvalue weighted by molar-refractivity contribution is 0.227.